The van der Waals surface area contributed by atoms with Crippen molar-refractivity contribution in [3.63, 3.8) is 0 Å². The van der Waals surface area contributed by atoms with Gasteiger partial charge in [-0.3, -0.25) is 4.79 Å². The van der Waals surface area contributed by atoms with Crippen molar-refractivity contribution in [2.45, 2.75) is 44.9 Å². The number of ether oxygens (including phenoxy) is 2. The summed E-state index contributed by atoms with van der Waals surface area (Å²) < 4.78 is 12.3. The highest BCUT2D eigenvalue weighted by atomic mass is 79.9. The van der Waals surface area contributed by atoms with E-state index in [4.69, 9.17) is 9.47 Å². The van der Waals surface area contributed by atoms with Crippen LogP contribution in [0.15, 0.2) is 22.7 Å². The van der Waals surface area contributed by atoms with Crippen molar-refractivity contribution in [1.29, 1.82) is 0 Å². The summed E-state index contributed by atoms with van der Waals surface area (Å²) in [5.74, 6) is 0.344. The lowest BCUT2D eigenvalue weighted by Crippen LogP contribution is -2.65. The van der Waals surface area contributed by atoms with Crippen molar-refractivity contribution in [2.24, 2.45) is 0 Å². The fraction of sp³-hybridized carbons (Fsp3) is 0.529. The molecule has 2 aliphatic rings. The van der Waals surface area contributed by atoms with Gasteiger partial charge in [0.05, 0.1) is 12.1 Å². The smallest absolute Gasteiger partial charge is 0.410 e. The molecule has 0 saturated carbocycles. The third-order valence-corrected chi connectivity index (χ3v) is 4.43. The van der Waals surface area contributed by atoms with Gasteiger partial charge in [-0.25, -0.2) is 4.79 Å². The lowest BCUT2D eigenvalue weighted by molar-refractivity contribution is -0.0469. The maximum atomic E-state index is 12.5. The van der Waals surface area contributed by atoms with Gasteiger partial charge < -0.3 is 19.7 Å². The van der Waals surface area contributed by atoms with Crippen molar-refractivity contribution in [3.8, 4) is 5.75 Å². The van der Waals surface area contributed by atoms with Crippen LogP contribution < -0.4 is 10.1 Å². The number of nitrogens with one attached hydrogen (secondary N) is 1. The molecular weight excluding hydrogens is 376 g/mol. The van der Waals surface area contributed by atoms with Crippen LogP contribution in [0.5, 0.6) is 5.75 Å². The predicted molar refractivity (Wildman–Crippen MR) is 92.0 cm³/mol. The lowest BCUT2D eigenvalue weighted by Gasteiger charge is -2.45. The summed E-state index contributed by atoms with van der Waals surface area (Å²) >= 11 is 3.36. The largest absolute Gasteiger partial charge is 0.465 e. The van der Waals surface area contributed by atoms with Gasteiger partial charge in [-0.05, 0) is 45.4 Å². The average molecular weight is 397 g/mol. The molecule has 1 atom stereocenters. The molecule has 6 nitrogen and oxygen atoms in total. The van der Waals surface area contributed by atoms with E-state index in [2.05, 4.69) is 21.2 Å². The highest BCUT2D eigenvalue weighted by Gasteiger charge is 2.45. The predicted octanol–water partition coefficient (Wildman–Crippen LogP) is 3.30. The molecule has 1 N–H and O–H groups in total. The maximum absolute atomic E-state index is 12.5. The number of rotatable bonds is 0. The first kappa shape index (κ1) is 17.1. The Balaban J connectivity index is 1.80. The van der Waals surface area contributed by atoms with Gasteiger partial charge in [-0.1, -0.05) is 15.9 Å². The maximum Gasteiger partial charge on any atom is 0.410 e. The Kier molecular flexibility index (Phi) is 4.23. The number of carbonyl (C=O) groups is 2. The summed E-state index contributed by atoms with van der Waals surface area (Å²) in [6.45, 7) is 6.35. The third kappa shape index (κ3) is 3.50. The number of hydrogen-bond donors (Lipinski definition) is 1. The van der Waals surface area contributed by atoms with Crippen LogP contribution in [0.2, 0.25) is 0 Å². The molecule has 0 aromatic heterocycles. The molecule has 2 amide bonds. The monoisotopic (exact) mass is 396 g/mol. The number of hydrogen-bond acceptors (Lipinski definition) is 4. The number of likely N-dealkylation sites (tertiary alicyclic amines) is 1. The van der Waals surface area contributed by atoms with Gasteiger partial charge in [0.25, 0.3) is 5.91 Å². The summed E-state index contributed by atoms with van der Waals surface area (Å²) in [6, 6.07) is 5.33. The van der Waals surface area contributed by atoms with Gasteiger partial charge in [0.15, 0.2) is 0 Å². The van der Waals surface area contributed by atoms with E-state index in [0.717, 1.165) is 10.9 Å². The van der Waals surface area contributed by atoms with E-state index < -0.39 is 11.3 Å². The molecule has 24 heavy (non-hydrogen) atoms. The van der Waals surface area contributed by atoms with Gasteiger partial charge in [-0.15, -0.1) is 0 Å². The number of halogens is 1. The van der Waals surface area contributed by atoms with E-state index in [9.17, 15) is 9.59 Å². The summed E-state index contributed by atoms with van der Waals surface area (Å²) in [5, 5.41) is 2.93. The van der Waals surface area contributed by atoms with Crippen LogP contribution >= 0.6 is 15.9 Å². The molecule has 130 valence electrons. The summed E-state index contributed by atoms with van der Waals surface area (Å²) in [6.07, 6.45) is 0.986. The quantitative estimate of drug-likeness (QED) is 0.730. The summed E-state index contributed by atoms with van der Waals surface area (Å²) in [7, 11) is 0. The zero-order valence-electron chi connectivity index (χ0n) is 14.0. The van der Waals surface area contributed by atoms with E-state index in [-0.39, 0.29) is 18.5 Å². The van der Waals surface area contributed by atoms with Crippen LogP contribution in [0.25, 0.3) is 0 Å². The number of fused-ring (bicyclic) bond motifs is 1. The molecular formula is C17H21BrN2O4. The van der Waals surface area contributed by atoms with E-state index in [0.29, 0.717) is 24.3 Å². The number of amides is 2. The molecule has 1 saturated heterocycles. The van der Waals surface area contributed by atoms with E-state index >= 15 is 0 Å². The normalized spacial score (nSPS) is 23.3. The van der Waals surface area contributed by atoms with Crippen molar-refractivity contribution in [1.82, 2.24) is 10.2 Å². The zero-order chi connectivity index (χ0) is 17.5. The standard InChI is InChI=1S/C17H21BrN2O4/c1-16(2,3)24-15(22)20-8-4-7-17(10-20)19-14(21)12-9-11(18)5-6-13(12)23-17/h5-6,9H,4,7-8,10H2,1-3H3,(H,19,21). The van der Waals surface area contributed by atoms with Crippen LogP contribution in [-0.2, 0) is 4.74 Å². The Bertz CT molecular complexity index is 686. The molecule has 0 radical (unpaired) electrons. The molecule has 2 heterocycles. The second kappa shape index (κ2) is 5.95. The van der Waals surface area contributed by atoms with Crippen molar-refractivity contribution in [2.75, 3.05) is 13.1 Å². The second-order valence-corrected chi connectivity index (χ2v) is 8.11. The lowest BCUT2D eigenvalue weighted by atomic mass is 9.98. The molecule has 1 spiro atoms. The third-order valence-electron chi connectivity index (χ3n) is 3.94. The van der Waals surface area contributed by atoms with Gasteiger partial charge in [-0.2, -0.15) is 0 Å². The number of benzene rings is 1. The van der Waals surface area contributed by atoms with Gasteiger partial charge in [0.2, 0.25) is 5.72 Å². The first-order valence-corrected chi connectivity index (χ1v) is 8.76. The molecule has 1 aromatic rings. The van der Waals surface area contributed by atoms with Crippen LogP contribution in [0.1, 0.15) is 44.0 Å². The van der Waals surface area contributed by atoms with Gasteiger partial charge >= 0.3 is 6.09 Å². The Labute approximate surface area is 149 Å². The fourth-order valence-corrected chi connectivity index (χ4v) is 3.33. The summed E-state index contributed by atoms with van der Waals surface area (Å²) in [5.41, 5.74) is -0.964. The minimum atomic E-state index is -0.896. The van der Waals surface area contributed by atoms with Crippen LogP contribution in [-0.4, -0.2) is 41.3 Å². The first-order valence-electron chi connectivity index (χ1n) is 7.96. The van der Waals surface area contributed by atoms with Gasteiger partial charge in [0.1, 0.15) is 11.4 Å². The fourth-order valence-electron chi connectivity index (χ4n) is 2.97. The SMILES string of the molecule is CC(C)(C)OC(=O)N1CCCC2(C1)NC(=O)c1cc(Br)ccc1O2. The molecule has 0 aliphatic carbocycles. The van der Waals surface area contributed by atoms with E-state index in [1.165, 1.54) is 0 Å². The Morgan fingerprint density at radius 3 is 2.88 bits per heavy atom. The van der Waals surface area contributed by atoms with E-state index in [1.807, 2.05) is 26.8 Å². The van der Waals surface area contributed by atoms with Crippen LogP contribution in [0, 0.1) is 0 Å². The minimum absolute atomic E-state index is 0.191. The Morgan fingerprint density at radius 1 is 1.42 bits per heavy atom. The molecule has 3 rings (SSSR count). The van der Waals surface area contributed by atoms with Crippen molar-refractivity contribution in [3.05, 3.63) is 28.2 Å². The summed E-state index contributed by atoms with van der Waals surface area (Å²) in [4.78, 5) is 26.4. The van der Waals surface area contributed by atoms with Crippen molar-refractivity contribution >= 4 is 27.9 Å². The molecule has 1 aromatic carbocycles. The Hall–Kier alpha value is -1.76. The highest BCUT2D eigenvalue weighted by molar-refractivity contribution is 9.10. The first-order chi connectivity index (χ1) is 11.2. The van der Waals surface area contributed by atoms with E-state index in [1.54, 1.807) is 17.0 Å². The minimum Gasteiger partial charge on any atom is -0.465 e. The molecule has 0 bridgehead atoms. The van der Waals surface area contributed by atoms with Gasteiger partial charge in [0, 0.05) is 17.4 Å². The molecule has 1 unspecified atom stereocenters. The second-order valence-electron chi connectivity index (χ2n) is 7.20. The number of carbonyl (C=O) groups excluding carboxylic acids is 2. The van der Waals surface area contributed by atoms with Crippen LogP contribution in [0.3, 0.4) is 0 Å². The highest BCUT2D eigenvalue weighted by Crippen LogP contribution is 2.34. The number of piperidine rings is 1. The molecule has 7 heteroatoms. The van der Waals surface area contributed by atoms with Crippen molar-refractivity contribution < 1.29 is 19.1 Å². The Morgan fingerprint density at radius 2 is 2.17 bits per heavy atom. The number of nitrogens with zero attached hydrogens (tertiary/aromatic N) is 1. The topological polar surface area (TPSA) is 67.9 Å². The van der Waals surface area contributed by atoms with Crippen LogP contribution in [0.4, 0.5) is 4.79 Å². The average Bonchev–Trinajstić information content (AvgIpc) is 2.46. The molecule has 1 fully saturated rings. The zero-order valence-corrected chi connectivity index (χ0v) is 15.6. The molecule has 2 aliphatic heterocycles.